The molecular formula is C15H24N2O3S. The number of hydrogen-bond donors (Lipinski definition) is 2. The average Bonchev–Trinajstić information content (AvgIpc) is 2.37. The van der Waals surface area contributed by atoms with Crippen molar-refractivity contribution >= 4 is 15.9 Å². The number of hydrogen-bond acceptors (Lipinski definition) is 3. The van der Waals surface area contributed by atoms with E-state index in [2.05, 4.69) is 10.0 Å². The maximum absolute atomic E-state index is 12.1. The summed E-state index contributed by atoms with van der Waals surface area (Å²) in [6.45, 7) is 9.44. The molecule has 0 bridgehead atoms. The van der Waals surface area contributed by atoms with E-state index in [1.165, 1.54) is 12.1 Å². The van der Waals surface area contributed by atoms with Crippen molar-refractivity contribution in [1.82, 2.24) is 10.0 Å². The van der Waals surface area contributed by atoms with Gasteiger partial charge in [0, 0.05) is 17.6 Å². The molecule has 2 N–H and O–H groups in total. The highest BCUT2D eigenvalue weighted by Gasteiger charge is 2.18. The normalized spacial score (nSPS) is 13.5. The van der Waals surface area contributed by atoms with Crippen molar-refractivity contribution in [1.29, 1.82) is 0 Å². The Morgan fingerprint density at radius 1 is 1.10 bits per heavy atom. The van der Waals surface area contributed by atoms with Gasteiger partial charge in [-0.15, -0.1) is 0 Å². The molecule has 1 unspecified atom stereocenters. The van der Waals surface area contributed by atoms with Crippen LogP contribution in [0.5, 0.6) is 0 Å². The molecule has 21 heavy (non-hydrogen) atoms. The van der Waals surface area contributed by atoms with Crippen molar-refractivity contribution in [2.75, 3.05) is 0 Å². The Kier molecular flexibility index (Phi) is 5.92. The van der Waals surface area contributed by atoms with Crippen molar-refractivity contribution in [2.24, 2.45) is 5.92 Å². The van der Waals surface area contributed by atoms with Gasteiger partial charge in [0.25, 0.3) is 5.91 Å². The Hall–Kier alpha value is -1.40. The fourth-order valence-corrected chi connectivity index (χ4v) is 2.94. The summed E-state index contributed by atoms with van der Waals surface area (Å²) in [5, 5.41) is 2.86. The minimum atomic E-state index is -3.59. The SMILES string of the molecule is CC(C)NS(=O)(=O)c1cccc(C(=O)NC(C)C(C)C)c1. The molecule has 0 aliphatic rings. The van der Waals surface area contributed by atoms with E-state index in [0.29, 0.717) is 11.5 Å². The molecule has 0 aliphatic heterocycles. The van der Waals surface area contributed by atoms with Gasteiger partial charge in [-0.05, 0) is 44.9 Å². The quantitative estimate of drug-likeness (QED) is 0.845. The van der Waals surface area contributed by atoms with Crippen molar-refractivity contribution in [3.05, 3.63) is 29.8 Å². The van der Waals surface area contributed by atoms with Crippen LogP contribution >= 0.6 is 0 Å². The third-order valence-electron chi connectivity index (χ3n) is 3.16. The Bertz CT molecular complexity index is 595. The van der Waals surface area contributed by atoms with E-state index in [9.17, 15) is 13.2 Å². The van der Waals surface area contributed by atoms with Crippen LogP contribution in [0, 0.1) is 5.92 Å². The second-order valence-electron chi connectivity index (χ2n) is 5.81. The summed E-state index contributed by atoms with van der Waals surface area (Å²) in [6.07, 6.45) is 0. The molecule has 1 rings (SSSR count). The fraction of sp³-hybridized carbons (Fsp3) is 0.533. The molecule has 5 nitrogen and oxygen atoms in total. The zero-order chi connectivity index (χ0) is 16.2. The first-order valence-corrected chi connectivity index (χ1v) is 8.55. The Labute approximate surface area is 127 Å². The first-order chi connectivity index (χ1) is 9.63. The van der Waals surface area contributed by atoms with Gasteiger partial charge in [-0.3, -0.25) is 4.79 Å². The monoisotopic (exact) mass is 312 g/mol. The van der Waals surface area contributed by atoms with Gasteiger partial charge < -0.3 is 5.32 Å². The molecule has 0 aliphatic carbocycles. The molecule has 0 aromatic heterocycles. The summed E-state index contributed by atoms with van der Waals surface area (Å²) in [5.41, 5.74) is 0.342. The third kappa shape index (κ3) is 5.13. The van der Waals surface area contributed by atoms with Gasteiger partial charge in [0.15, 0.2) is 0 Å². The highest BCUT2D eigenvalue weighted by Crippen LogP contribution is 2.13. The Balaban J connectivity index is 2.98. The molecule has 0 saturated heterocycles. The number of carbonyl (C=O) groups excluding carboxylic acids is 1. The molecular weight excluding hydrogens is 288 g/mol. The Morgan fingerprint density at radius 2 is 1.71 bits per heavy atom. The lowest BCUT2D eigenvalue weighted by Crippen LogP contribution is -2.36. The highest BCUT2D eigenvalue weighted by atomic mass is 32.2. The largest absolute Gasteiger partial charge is 0.349 e. The van der Waals surface area contributed by atoms with Crippen LogP contribution in [0.2, 0.25) is 0 Å². The van der Waals surface area contributed by atoms with Gasteiger partial charge >= 0.3 is 0 Å². The smallest absolute Gasteiger partial charge is 0.251 e. The Morgan fingerprint density at radius 3 is 2.24 bits per heavy atom. The number of carbonyl (C=O) groups is 1. The lowest BCUT2D eigenvalue weighted by Gasteiger charge is -2.17. The second kappa shape index (κ2) is 7.04. The van der Waals surface area contributed by atoms with Gasteiger partial charge in [-0.1, -0.05) is 19.9 Å². The molecule has 0 heterocycles. The number of benzene rings is 1. The average molecular weight is 312 g/mol. The van der Waals surface area contributed by atoms with Gasteiger partial charge in [0.05, 0.1) is 4.90 Å². The van der Waals surface area contributed by atoms with E-state index in [1.54, 1.807) is 26.0 Å². The van der Waals surface area contributed by atoms with Crippen LogP contribution in [-0.2, 0) is 10.0 Å². The highest BCUT2D eigenvalue weighted by molar-refractivity contribution is 7.89. The topological polar surface area (TPSA) is 75.3 Å². The number of sulfonamides is 1. The van der Waals surface area contributed by atoms with Crippen LogP contribution in [0.3, 0.4) is 0 Å². The van der Waals surface area contributed by atoms with E-state index in [0.717, 1.165) is 0 Å². The molecule has 1 aromatic carbocycles. The predicted molar refractivity (Wildman–Crippen MR) is 83.7 cm³/mol. The summed E-state index contributed by atoms with van der Waals surface area (Å²) in [7, 11) is -3.59. The van der Waals surface area contributed by atoms with Crippen LogP contribution < -0.4 is 10.0 Å². The van der Waals surface area contributed by atoms with Crippen LogP contribution in [0.4, 0.5) is 0 Å². The van der Waals surface area contributed by atoms with Gasteiger partial charge in [-0.2, -0.15) is 0 Å². The zero-order valence-electron chi connectivity index (χ0n) is 13.2. The number of rotatable bonds is 6. The molecule has 0 fully saturated rings. The molecule has 118 valence electrons. The minimum Gasteiger partial charge on any atom is -0.349 e. The maximum Gasteiger partial charge on any atom is 0.251 e. The summed E-state index contributed by atoms with van der Waals surface area (Å²) in [6, 6.07) is 5.88. The standard InChI is InChI=1S/C15H24N2O3S/c1-10(2)12(5)16-15(18)13-7-6-8-14(9-13)21(19,20)17-11(3)4/h6-12,17H,1-5H3,(H,16,18). The van der Waals surface area contributed by atoms with Crippen molar-refractivity contribution < 1.29 is 13.2 Å². The summed E-state index contributed by atoms with van der Waals surface area (Å²) >= 11 is 0. The van der Waals surface area contributed by atoms with E-state index < -0.39 is 10.0 Å². The number of amides is 1. The van der Waals surface area contributed by atoms with Crippen LogP contribution in [0.15, 0.2) is 29.2 Å². The molecule has 0 saturated carbocycles. The summed E-state index contributed by atoms with van der Waals surface area (Å²) in [5.74, 6) is 0.0428. The first kappa shape index (κ1) is 17.7. The van der Waals surface area contributed by atoms with E-state index in [1.807, 2.05) is 20.8 Å². The molecule has 0 radical (unpaired) electrons. The van der Waals surface area contributed by atoms with Gasteiger partial charge in [-0.25, -0.2) is 13.1 Å². The molecule has 1 aromatic rings. The van der Waals surface area contributed by atoms with Gasteiger partial charge in [0.2, 0.25) is 10.0 Å². The second-order valence-corrected chi connectivity index (χ2v) is 7.52. The predicted octanol–water partition coefficient (Wildman–Crippen LogP) is 2.15. The minimum absolute atomic E-state index is 0.0200. The zero-order valence-corrected chi connectivity index (χ0v) is 14.0. The van der Waals surface area contributed by atoms with Crippen LogP contribution in [0.1, 0.15) is 45.0 Å². The van der Waals surface area contributed by atoms with Crippen molar-refractivity contribution in [3.8, 4) is 0 Å². The lowest BCUT2D eigenvalue weighted by molar-refractivity contribution is 0.0930. The maximum atomic E-state index is 12.1. The molecule has 0 spiro atoms. The summed E-state index contributed by atoms with van der Waals surface area (Å²) in [4.78, 5) is 12.2. The first-order valence-electron chi connectivity index (χ1n) is 7.06. The molecule has 1 atom stereocenters. The third-order valence-corrected chi connectivity index (χ3v) is 4.81. The lowest BCUT2D eigenvalue weighted by atomic mass is 10.1. The van der Waals surface area contributed by atoms with E-state index in [4.69, 9.17) is 0 Å². The fourth-order valence-electron chi connectivity index (χ4n) is 1.64. The van der Waals surface area contributed by atoms with E-state index >= 15 is 0 Å². The van der Waals surface area contributed by atoms with Crippen molar-refractivity contribution in [3.63, 3.8) is 0 Å². The molecule has 6 heteroatoms. The van der Waals surface area contributed by atoms with Gasteiger partial charge in [0.1, 0.15) is 0 Å². The molecule has 1 amide bonds. The van der Waals surface area contributed by atoms with Crippen LogP contribution in [0.25, 0.3) is 0 Å². The van der Waals surface area contributed by atoms with E-state index in [-0.39, 0.29) is 22.9 Å². The number of nitrogens with one attached hydrogen (secondary N) is 2. The van der Waals surface area contributed by atoms with Crippen molar-refractivity contribution in [2.45, 2.75) is 51.6 Å². The van der Waals surface area contributed by atoms with Crippen LogP contribution in [-0.4, -0.2) is 26.4 Å². The summed E-state index contributed by atoms with van der Waals surface area (Å²) < 4.78 is 26.7.